The van der Waals surface area contributed by atoms with Gasteiger partial charge in [-0.15, -0.1) is 11.3 Å². The highest BCUT2D eigenvalue weighted by Gasteiger charge is 2.15. The largest absolute Gasteiger partial charge is 0.397 e. The summed E-state index contributed by atoms with van der Waals surface area (Å²) < 4.78 is 0.736. The molecule has 1 aromatic heterocycles. The van der Waals surface area contributed by atoms with Gasteiger partial charge in [0.15, 0.2) is 0 Å². The van der Waals surface area contributed by atoms with Crippen LogP contribution in [0.15, 0.2) is 30.3 Å². The number of hydrogen-bond acceptors (Lipinski definition) is 4. The zero-order chi connectivity index (χ0) is 14.0. The Hall–Kier alpha value is -1.72. The molecule has 2 rings (SSSR count). The Labute approximate surface area is 120 Å². The number of nitrogen functional groups attached to an aromatic ring is 1. The summed E-state index contributed by atoms with van der Waals surface area (Å²) >= 11 is 7.40. The maximum absolute atomic E-state index is 11.5. The SMILES string of the molecule is CN(Cc1ccc(Cl)s1)c1c(N)cccc1C(N)=O. The molecular weight excluding hydrogens is 282 g/mol. The lowest BCUT2D eigenvalue weighted by Crippen LogP contribution is -2.22. The molecule has 2 aromatic rings. The first-order valence-electron chi connectivity index (χ1n) is 5.62. The van der Waals surface area contributed by atoms with Crippen molar-refractivity contribution in [3.05, 3.63) is 45.1 Å². The fourth-order valence-corrected chi connectivity index (χ4v) is 3.08. The normalized spacial score (nSPS) is 10.4. The Kier molecular flexibility index (Phi) is 3.97. The van der Waals surface area contributed by atoms with E-state index in [1.165, 1.54) is 11.3 Å². The van der Waals surface area contributed by atoms with E-state index in [1.807, 2.05) is 24.1 Å². The molecule has 0 atom stereocenters. The first kappa shape index (κ1) is 13.7. The lowest BCUT2D eigenvalue weighted by atomic mass is 10.1. The first-order valence-corrected chi connectivity index (χ1v) is 6.82. The predicted octanol–water partition coefficient (Wildman–Crippen LogP) is 2.72. The Bertz CT molecular complexity index is 612. The number of carbonyl (C=O) groups excluding carboxylic acids is 1. The molecule has 0 radical (unpaired) electrons. The number of hydrogen-bond donors (Lipinski definition) is 2. The molecule has 4 nitrogen and oxygen atoms in total. The molecule has 1 aromatic carbocycles. The van der Waals surface area contributed by atoms with Crippen LogP contribution < -0.4 is 16.4 Å². The molecule has 19 heavy (non-hydrogen) atoms. The van der Waals surface area contributed by atoms with Gasteiger partial charge in [0.2, 0.25) is 0 Å². The second-order valence-electron chi connectivity index (χ2n) is 4.17. The van der Waals surface area contributed by atoms with Crippen molar-refractivity contribution < 1.29 is 4.79 Å². The Morgan fingerprint density at radius 1 is 1.37 bits per heavy atom. The number of primary amides is 1. The van der Waals surface area contributed by atoms with Gasteiger partial charge in [-0.2, -0.15) is 0 Å². The number of nitrogens with two attached hydrogens (primary N) is 2. The third kappa shape index (κ3) is 3.00. The van der Waals surface area contributed by atoms with Gasteiger partial charge < -0.3 is 16.4 Å². The summed E-state index contributed by atoms with van der Waals surface area (Å²) in [5.41, 5.74) is 12.9. The summed E-state index contributed by atoms with van der Waals surface area (Å²) in [7, 11) is 1.87. The standard InChI is InChI=1S/C13H14ClN3OS/c1-17(7-8-5-6-11(14)19-8)12-9(13(16)18)3-2-4-10(12)15/h2-6H,7,15H2,1H3,(H2,16,18). The lowest BCUT2D eigenvalue weighted by molar-refractivity contribution is 0.100. The average molecular weight is 296 g/mol. The summed E-state index contributed by atoms with van der Waals surface area (Å²) in [6.07, 6.45) is 0. The molecular formula is C13H14ClN3OS. The number of benzene rings is 1. The van der Waals surface area contributed by atoms with E-state index in [2.05, 4.69) is 0 Å². The molecule has 0 saturated carbocycles. The van der Waals surface area contributed by atoms with Crippen molar-refractivity contribution in [3.8, 4) is 0 Å². The van der Waals surface area contributed by atoms with E-state index >= 15 is 0 Å². The first-order chi connectivity index (χ1) is 8.99. The smallest absolute Gasteiger partial charge is 0.250 e. The van der Waals surface area contributed by atoms with E-state index in [0.29, 0.717) is 23.5 Å². The van der Waals surface area contributed by atoms with Gasteiger partial charge in [0.1, 0.15) is 0 Å². The number of carbonyl (C=O) groups is 1. The van der Waals surface area contributed by atoms with Crippen molar-refractivity contribution >= 4 is 40.2 Å². The van der Waals surface area contributed by atoms with E-state index in [-0.39, 0.29) is 0 Å². The second-order valence-corrected chi connectivity index (χ2v) is 5.97. The van der Waals surface area contributed by atoms with Gasteiger partial charge in [0, 0.05) is 11.9 Å². The van der Waals surface area contributed by atoms with Gasteiger partial charge >= 0.3 is 0 Å². The Balaban J connectivity index is 2.32. The van der Waals surface area contributed by atoms with Crippen molar-refractivity contribution in [3.63, 3.8) is 0 Å². The van der Waals surface area contributed by atoms with Gasteiger partial charge in [-0.1, -0.05) is 17.7 Å². The molecule has 0 aliphatic carbocycles. The van der Waals surface area contributed by atoms with Crippen LogP contribution in [0.25, 0.3) is 0 Å². The predicted molar refractivity (Wildman–Crippen MR) is 80.8 cm³/mol. The molecule has 0 saturated heterocycles. The van der Waals surface area contributed by atoms with Gasteiger partial charge in [-0.3, -0.25) is 4.79 Å². The maximum atomic E-state index is 11.5. The van der Waals surface area contributed by atoms with Gasteiger partial charge in [0.25, 0.3) is 5.91 Å². The summed E-state index contributed by atoms with van der Waals surface area (Å²) in [6, 6.07) is 8.94. The molecule has 6 heteroatoms. The molecule has 0 aliphatic rings. The topological polar surface area (TPSA) is 72.3 Å². The third-order valence-corrected chi connectivity index (χ3v) is 3.95. The summed E-state index contributed by atoms with van der Waals surface area (Å²) in [6.45, 7) is 0.617. The highest BCUT2D eigenvalue weighted by atomic mass is 35.5. The molecule has 0 unspecified atom stereocenters. The number of amides is 1. The fraction of sp³-hybridized carbons (Fsp3) is 0.154. The zero-order valence-electron chi connectivity index (χ0n) is 10.4. The van der Waals surface area contributed by atoms with Crippen LogP contribution in [0.2, 0.25) is 4.34 Å². The monoisotopic (exact) mass is 295 g/mol. The molecule has 4 N–H and O–H groups in total. The minimum Gasteiger partial charge on any atom is -0.397 e. The van der Waals surface area contributed by atoms with Crippen LogP contribution in [0.1, 0.15) is 15.2 Å². The highest BCUT2D eigenvalue weighted by molar-refractivity contribution is 7.16. The van der Waals surface area contributed by atoms with Crippen LogP contribution in [-0.4, -0.2) is 13.0 Å². The van der Waals surface area contributed by atoms with Gasteiger partial charge in [-0.25, -0.2) is 0 Å². The summed E-state index contributed by atoms with van der Waals surface area (Å²) in [5, 5.41) is 0. The van der Waals surface area contributed by atoms with E-state index in [9.17, 15) is 4.79 Å². The second kappa shape index (κ2) is 5.50. The molecule has 0 aliphatic heterocycles. The van der Waals surface area contributed by atoms with Crippen molar-refractivity contribution in [2.24, 2.45) is 5.73 Å². The number of halogens is 1. The number of para-hydroxylation sites is 1. The molecule has 100 valence electrons. The quantitative estimate of drug-likeness (QED) is 0.852. The third-order valence-electron chi connectivity index (χ3n) is 2.74. The van der Waals surface area contributed by atoms with Crippen molar-refractivity contribution in [2.75, 3.05) is 17.7 Å². The average Bonchev–Trinajstić information content (AvgIpc) is 2.74. The van der Waals surface area contributed by atoms with Crippen LogP contribution in [0.4, 0.5) is 11.4 Å². The van der Waals surface area contributed by atoms with E-state index < -0.39 is 5.91 Å². The number of anilines is 2. The summed E-state index contributed by atoms with van der Waals surface area (Å²) in [5.74, 6) is -0.488. The minimum absolute atomic E-state index is 0.421. The fourth-order valence-electron chi connectivity index (χ4n) is 1.94. The van der Waals surface area contributed by atoms with Crippen LogP contribution in [0.5, 0.6) is 0 Å². The molecule has 0 spiro atoms. The Morgan fingerprint density at radius 2 is 2.11 bits per heavy atom. The number of nitrogens with zero attached hydrogens (tertiary/aromatic N) is 1. The van der Waals surface area contributed by atoms with E-state index in [1.54, 1.807) is 18.2 Å². The number of thiophene rings is 1. The van der Waals surface area contributed by atoms with Crippen LogP contribution in [-0.2, 0) is 6.54 Å². The van der Waals surface area contributed by atoms with Gasteiger partial charge in [-0.05, 0) is 24.3 Å². The molecule has 0 bridgehead atoms. The highest BCUT2D eigenvalue weighted by Crippen LogP contribution is 2.30. The maximum Gasteiger partial charge on any atom is 0.250 e. The zero-order valence-corrected chi connectivity index (χ0v) is 12.0. The molecule has 0 fully saturated rings. The van der Waals surface area contributed by atoms with E-state index in [0.717, 1.165) is 9.21 Å². The molecule has 1 amide bonds. The summed E-state index contributed by atoms with van der Waals surface area (Å²) in [4.78, 5) is 14.4. The van der Waals surface area contributed by atoms with Crippen LogP contribution in [0, 0.1) is 0 Å². The van der Waals surface area contributed by atoms with Crippen molar-refractivity contribution in [2.45, 2.75) is 6.54 Å². The lowest BCUT2D eigenvalue weighted by Gasteiger charge is -2.22. The number of rotatable bonds is 4. The minimum atomic E-state index is -0.488. The molecule has 1 heterocycles. The van der Waals surface area contributed by atoms with Crippen molar-refractivity contribution in [1.82, 2.24) is 0 Å². The van der Waals surface area contributed by atoms with Crippen LogP contribution >= 0.6 is 22.9 Å². The van der Waals surface area contributed by atoms with Gasteiger partial charge in [0.05, 0.1) is 27.8 Å². The Morgan fingerprint density at radius 3 is 2.68 bits per heavy atom. The van der Waals surface area contributed by atoms with Crippen molar-refractivity contribution in [1.29, 1.82) is 0 Å². The van der Waals surface area contributed by atoms with E-state index in [4.69, 9.17) is 23.1 Å². The van der Waals surface area contributed by atoms with Crippen LogP contribution in [0.3, 0.4) is 0 Å².